The maximum Gasteiger partial charge on any atom is 0.268 e. The van der Waals surface area contributed by atoms with Gasteiger partial charge in [-0.05, 0) is 17.0 Å². The molecule has 2 rings (SSSR count). The van der Waals surface area contributed by atoms with Crippen molar-refractivity contribution in [3.63, 3.8) is 0 Å². The van der Waals surface area contributed by atoms with Gasteiger partial charge in [0.1, 0.15) is 0 Å². The van der Waals surface area contributed by atoms with Crippen LogP contribution in [0.5, 0.6) is 0 Å². The summed E-state index contributed by atoms with van der Waals surface area (Å²) < 4.78 is 0. The quantitative estimate of drug-likeness (QED) is 0.654. The lowest BCUT2D eigenvalue weighted by molar-refractivity contribution is 0.0980. The molecule has 3 N–H and O–H groups in total. The normalized spacial score (nSPS) is 11.2. The van der Waals surface area contributed by atoms with Gasteiger partial charge in [0.2, 0.25) is 0 Å². The van der Waals surface area contributed by atoms with E-state index in [4.69, 9.17) is 5.73 Å². The van der Waals surface area contributed by atoms with Crippen LogP contribution in [-0.2, 0) is 6.54 Å². The van der Waals surface area contributed by atoms with Crippen LogP contribution in [0.15, 0.2) is 52.8 Å². The number of aliphatic imine (C=N–C) groups is 1. The highest BCUT2D eigenvalue weighted by Gasteiger charge is 2.06. The number of hydrogen-bond donors (Lipinski definition) is 2. The second-order valence-electron chi connectivity index (χ2n) is 3.62. The molecule has 2 aromatic rings. The maximum absolute atomic E-state index is 11.7. The summed E-state index contributed by atoms with van der Waals surface area (Å²) in [6.45, 7) is 0.456. The van der Waals surface area contributed by atoms with E-state index in [1.807, 2.05) is 41.8 Å². The number of nitrogens with one attached hydrogen (secondary N) is 1. The minimum atomic E-state index is -0.223. The monoisotopic (exact) mass is 259 g/mol. The molecule has 92 valence electrons. The van der Waals surface area contributed by atoms with E-state index in [1.54, 1.807) is 6.07 Å². The summed E-state index contributed by atoms with van der Waals surface area (Å²) in [6, 6.07) is 13.3. The van der Waals surface area contributed by atoms with Crippen molar-refractivity contribution in [2.45, 2.75) is 6.54 Å². The number of carbonyl (C=O) groups excluding carboxylic acids is 1. The topological polar surface area (TPSA) is 67.5 Å². The van der Waals surface area contributed by atoms with Crippen LogP contribution in [0.4, 0.5) is 0 Å². The number of guanidine groups is 1. The van der Waals surface area contributed by atoms with Crippen molar-refractivity contribution in [2.75, 3.05) is 0 Å². The fourth-order valence-electron chi connectivity index (χ4n) is 1.39. The Morgan fingerprint density at radius 2 is 2.00 bits per heavy atom. The van der Waals surface area contributed by atoms with E-state index in [0.29, 0.717) is 11.4 Å². The van der Waals surface area contributed by atoms with Crippen LogP contribution in [0.3, 0.4) is 0 Å². The largest absolute Gasteiger partial charge is 0.370 e. The van der Waals surface area contributed by atoms with E-state index >= 15 is 0 Å². The molecule has 0 spiro atoms. The third-order valence-corrected chi connectivity index (χ3v) is 3.13. The van der Waals surface area contributed by atoms with Gasteiger partial charge in [-0.25, -0.2) is 4.99 Å². The van der Waals surface area contributed by atoms with Crippen LogP contribution in [0, 0.1) is 0 Å². The van der Waals surface area contributed by atoms with Crippen LogP contribution in [0.25, 0.3) is 0 Å². The molecule has 0 saturated heterocycles. The van der Waals surface area contributed by atoms with Gasteiger partial charge in [0, 0.05) is 0 Å². The van der Waals surface area contributed by atoms with Crippen molar-refractivity contribution in [3.05, 3.63) is 58.3 Å². The molecule has 0 bridgehead atoms. The van der Waals surface area contributed by atoms with Gasteiger partial charge in [-0.1, -0.05) is 36.4 Å². The molecule has 1 aromatic heterocycles. The second kappa shape index (κ2) is 5.97. The number of hydrogen-bond acceptors (Lipinski definition) is 3. The van der Waals surface area contributed by atoms with Gasteiger partial charge >= 0.3 is 0 Å². The van der Waals surface area contributed by atoms with Crippen LogP contribution in [-0.4, -0.2) is 11.9 Å². The van der Waals surface area contributed by atoms with E-state index in [9.17, 15) is 4.79 Å². The lowest BCUT2D eigenvalue weighted by Gasteiger charge is -2.02. The Balaban J connectivity index is 1.92. The fraction of sp³-hybridized carbons (Fsp3) is 0.0769. The molecular formula is C13H13N3OS. The third kappa shape index (κ3) is 3.43. The van der Waals surface area contributed by atoms with Crippen LogP contribution < -0.4 is 11.1 Å². The maximum atomic E-state index is 11.7. The molecule has 0 aliphatic carbocycles. The first-order chi connectivity index (χ1) is 8.75. The Bertz CT molecular complexity index is 535. The Labute approximate surface area is 109 Å². The molecule has 5 heteroatoms. The molecule has 0 aliphatic rings. The summed E-state index contributed by atoms with van der Waals surface area (Å²) in [5.41, 5.74) is 6.70. The van der Waals surface area contributed by atoms with E-state index < -0.39 is 0 Å². The molecule has 1 aromatic carbocycles. The summed E-state index contributed by atoms with van der Waals surface area (Å²) in [6.07, 6.45) is 0. The van der Waals surface area contributed by atoms with Crippen molar-refractivity contribution in [1.82, 2.24) is 5.32 Å². The number of amides is 1. The molecule has 18 heavy (non-hydrogen) atoms. The Kier molecular flexibility index (Phi) is 4.09. The van der Waals surface area contributed by atoms with Gasteiger partial charge in [0.05, 0.1) is 11.4 Å². The zero-order chi connectivity index (χ0) is 12.8. The highest BCUT2D eigenvalue weighted by atomic mass is 32.1. The number of carbonyl (C=O) groups is 1. The van der Waals surface area contributed by atoms with Gasteiger partial charge in [-0.3, -0.25) is 10.1 Å². The first-order valence-electron chi connectivity index (χ1n) is 5.44. The first kappa shape index (κ1) is 12.3. The van der Waals surface area contributed by atoms with E-state index in [-0.39, 0.29) is 11.9 Å². The van der Waals surface area contributed by atoms with E-state index in [2.05, 4.69) is 10.3 Å². The van der Waals surface area contributed by atoms with Gasteiger partial charge in [-0.15, -0.1) is 11.3 Å². The minimum absolute atomic E-state index is 0.136. The van der Waals surface area contributed by atoms with Gasteiger partial charge in [0.25, 0.3) is 5.91 Å². The summed E-state index contributed by atoms with van der Waals surface area (Å²) >= 11 is 1.36. The SMILES string of the molecule is NC(=NCc1ccccc1)NC(=O)c1cccs1. The zero-order valence-electron chi connectivity index (χ0n) is 9.67. The molecule has 1 amide bonds. The van der Waals surface area contributed by atoms with Crippen molar-refractivity contribution in [1.29, 1.82) is 0 Å². The summed E-state index contributed by atoms with van der Waals surface area (Å²) in [5, 5.41) is 4.39. The highest BCUT2D eigenvalue weighted by Crippen LogP contribution is 2.07. The number of thiophene rings is 1. The predicted octanol–water partition coefficient (Wildman–Crippen LogP) is 1.99. The molecule has 0 unspecified atom stereocenters. The molecule has 0 aliphatic heterocycles. The van der Waals surface area contributed by atoms with Crippen LogP contribution >= 0.6 is 11.3 Å². The van der Waals surface area contributed by atoms with Crippen molar-refractivity contribution >= 4 is 23.2 Å². The minimum Gasteiger partial charge on any atom is -0.370 e. The van der Waals surface area contributed by atoms with Crippen LogP contribution in [0.2, 0.25) is 0 Å². The number of rotatable bonds is 3. The van der Waals surface area contributed by atoms with Crippen molar-refractivity contribution < 1.29 is 4.79 Å². The first-order valence-corrected chi connectivity index (χ1v) is 6.32. The Morgan fingerprint density at radius 1 is 1.22 bits per heavy atom. The van der Waals surface area contributed by atoms with Gasteiger partial charge < -0.3 is 5.73 Å². The van der Waals surface area contributed by atoms with Crippen molar-refractivity contribution in [3.8, 4) is 0 Å². The average molecular weight is 259 g/mol. The second-order valence-corrected chi connectivity index (χ2v) is 4.57. The molecule has 4 nitrogen and oxygen atoms in total. The highest BCUT2D eigenvalue weighted by molar-refractivity contribution is 7.12. The third-order valence-electron chi connectivity index (χ3n) is 2.26. The van der Waals surface area contributed by atoms with E-state index in [1.165, 1.54) is 11.3 Å². The molecule has 0 fully saturated rings. The average Bonchev–Trinajstić information content (AvgIpc) is 2.91. The summed E-state index contributed by atoms with van der Waals surface area (Å²) in [4.78, 5) is 16.4. The molecule has 0 atom stereocenters. The standard InChI is InChI=1S/C13H13N3OS/c14-13(15-9-10-5-2-1-3-6-10)16-12(17)11-7-4-8-18-11/h1-8H,9H2,(H3,14,15,16,17). The van der Waals surface area contributed by atoms with E-state index in [0.717, 1.165) is 5.56 Å². The lowest BCUT2D eigenvalue weighted by Crippen LogP contribution is -2.36. The summed E-state index contributed by atoms with van der Waals surface area (Å²) in [7, 11) is 0. The van der Waals surface area contributed by atoms with Gasteiger partial charge in [0.15, 0.2) is 5.96 Å². The predicted molar refractivity (Wildman–Crippen MR) is 73.6 cm³/mol. The Hall–Kier alpha value is -2.14. The molecule has 1 heterocycles. The summed E-state index contributed by atoms with van der Waals surface area (Å²) in [5.74, 6) is -0.0865. The molecule has 0 saturated carbocycles. The van der Waals surface area contributed by atoms with Crippen LogP contribution in [0.1, 0.15) is 15.2 Å². The fourth-order valence-corrected chi connectivity index (χ4v) is 2.00. The van der Waals surface area contributed by atoms with Gasteiger partial charge in [-0.2, -0.15) is 0 Å². The number of nitrogens with two attached hydrogens (primary N) is 1. The number of benzene rings is 1. The van der Waals surface area contributed by atoms with Crippen molar-refractivity contribution in [2.24, 2.45) is 10.7 Å². The molecular weight excluding hydrogens is 246 g/mol. The zero-order valence-corrected chi connectivity index (χ0v) is 10.5. The Morgan fingerprint density at radius 3 is 2.67 bits per heavy atom. The molecule has 0 radical (unpaired) electrons. The smallest absolute Gasteiger partial charge is 0.268 e. The lowest BCUT2D eigenvalue weighted by atomic mass is 10.2. The number of nitrogens with zero attached hydrogens (tertiary/aromatic N) is 1.